The molecule has 1 saturated heterocycles. The number of sulfonamides is 1. The molecule has 1 N–H and O–H groups in total. The maximum atomic E-state index is 12.0. The number of hydrogen-bond acceptors (Lipinski definition) is 6. The molecule has 118 valence electrons. The Hall–Kier alpha value is -2.11. The number of carbonyl (C=O) groups is 1. The highest BCUT2D eigenvalue weighted by Gasteiger charge is 2.25. The minimum absolute atomic E-state index is 0.291. The molecule has 1 aromatic rings. The minimum Gasteiger partial charge on any atom is -0.465 e. The number of nitrogens with one attached hydrogen (secondary N) is 1. The zero-order valence-electron chi connectivity index (χ0n) is 11.8. The second-order valence-electron chi connectivity index (χ2n) is 4.89. The SMILES string of the molecule is N#C/C(=C/c1ccco1)C(=O)NS(=O)(=O)CC1CCCCO1. The molecule has 1 atom stereocenters. The molecular weight excluding hydrogens is 308 g/mol. The first-order valence-corrected chi connectivity index (χ1v) is 8.47. The molecule has 1 aliphatic heterocycles. The largest absolute Gasteiger partial charge is 0.465 e. The van der Waals surface area contributed by atoms with Gasteiger partial charge in [0.15, 0.2) is 0 Å². The van der Waals surface area contributed by atoms with Gasteiger partial charge >= 0.3 is 0 Å². The molecule has 0 aromatic carbocycles. The molecule has 2 heterocycles. The van der Waals surface area contributed by atoms with Crippen LogP contribution in [0.25, 0.3) is 6.08 Å². The summed E-state index contributed by atoms with van der Waals surface area (Å²) in [5.41, 5.74) is -0.344. The highest BCUT2D eigenvalue weighted by atomic mass is 32.2. The van der Waals surface area contributed by atoms with Crippen LogP contribution in [0.5, 0.6) is 0 Å². The summed E-state index contributed by atoms with van der Waals surface area (Å²) in [5.74, 6) is -0.979. The van der Waals surface area contributed by atoms with E-state index in [0.717, 1.165) is 12.8 Å². The van der Waals surface area contributed by atoms with Gasteiger partial charge in [-0.1, -0.05) is 0 Å². The number of ether oxygens (including phenoxy) is 1. The fourth-order valence-corrected chi connectivity index (χ4v) is 3.31. The van der Waals surface area contributed by atoms with Crippen LogP contribution in [0.3, 0.4) is 0 Å². The Morgan fingerprint density at radius 3 is 2.91 bits per heavy atom. The van der Waals surface area contributed by atoms with E-state index in [9.17, 15) is 13.2 Å². The van der Waals surface area contributed by atoms with Gasteiger partial charge in [0.1, 0.15) is 17.4 Å². The summed E-state index contributed by atoms with van der Waals surface area (Å²) in [5, 5.41) is 8.97. The van der Waals surface area contributed by atoms with Crippen molar-refractivity contribution in [3.8, 4) is 6.07 Å². The molecule has 0 bridgehead atoms. The molecule has 0 aliphatic carbocycles. The molecule has 22 heavy (non-hydrogen) atoms. The lowest BCUT2D eigenvalue weighted by molar-refractivity contribution is -0.115. The predicted octanol–water partition coefficient (Wildman–Crippen LogP) is 1.20. The number of nitriles is 1. The fourth-order valence-electron chi connectivity index (χ4n) is 2.09. The standard InChI is InChI=1S/C14H16N2O5S/c15-9-11(8-12-5-3-7-20-12)14(17)16-22(18,19)10-13-4-1-2-6-21-13/h3,5,7-8,13H,1-2,4,6,10H2,(H,16,17)/b11-8-. The maximum Gasteiger partial charge on any atom is 0.275 e. The van der Waals surface area contributed by atoms with Crippen LogP contribution in [0.1, 0.15) is 25.0 Å². The van der Waals surface area contributed by atoms with Crippen molar-refractivity contribution in [2.75, 3.05) is 12.4 Å². The summed E-state index contributed by atoms with van der Waals surface area (Å²) in [7, 11) is -3.86. The summed E-state index contributed by atoms with van der Waals surface area (Å²) < 4.78 is 36.1. The molecule has 0 saturated carbocycles. The van der Waals surface area contributed by atoms with Crippen LogP contribution in [0.4, 0.5) is 0 Å². The topological polar surface area (TPSA) is 109 Å². The second kappa shape index (κ2) is 7.24. The smallest absolute Gasteiger partial charge is 0.275 e. The van der Waals surface area contributed by atoms with Gasteiger partial charge in [-0.2, -0.15) is 5.26 Å². The second-order valence-corrected chi connectivity index (χ2v) is 6.65. The van der Waals surface area contributed by atoms with E-state index in [-0.39, 0.29) is 11.3 Å². The molecule has 1 fully saturated rings. The first-order valence-electron chi connectivity index (χ1n) is 6.82. The van der Waals surface area contributed by atoms with Crippen molar-refractivity contribution in [2.45, 2.75) is 25.4 Å². The van der Waals surface area contributed by atoms with E-state index in [1.54, 1.807) is 18.2 Å². The van der Waals surface area contributed by atoms with Gasteiger partial charge < -0.3 is 9.15 Å². The highest BCUT2D eigenvalue weighted by molar-refractivity contribution is 7.90. The number of rotatable bonds is 5. The summed E-state index contributed by atoms with van der Waals surface area (Å²) in [6.45, 7) is 0.524. The number of hydrogen-bond donors (Lipinski definition) is 1. The first kappa shape index (κ1) is 16.3. The van der Waals surface area contributed by atoms with Crippen molar-refractivity contribution in [2.24, 2.45) is 0 Å². The third-order valence-corrected chi connectivity index (χ3v) is 4.43. The Labute approximate surface area is 128 Å². The molecule has 2 rings (SSSR count). The monoisotopic (exact) mass is 324 g/mol. The van der Waals surface area contributed by atoms with E-state index in [4.69, 9.17) is 14.4 Å². The van der Waals surface area contributed by atoms with Gasteiger partial charge in [-0.15, -0.1) is 0 Å². The van der Waals surface area contributed by atoms with Crippen LogP contribution < -0.4 is 4.72 Å². The average molecular weight is 324 g/mol. The molecule has 0 radical (unpaired) electrons. The van der Waals surface area contributed by atoms with Crippen LogP contribution in [0.2, 0.25) is 0 Å². The normalized spacial score (nSPS) is 19.4. The van der Waals surface area contributed by atoms with E-state index >= 15 is 0 Å². The third kappa shape index (κ3) is 4.72. The van der Waals surface area contributed by atoms with Crippen LogP contribution in [-0.2, 0) is 19.6 Å². The summed E-state index contributed by atoms with van der Waals surface area (Å²) in [4.78, 5) is 11.9. The molecule has 7 nitrogen and oxygen atoms in total. The summed E-state index contributed by atoms with van der Waals surface area (Å²) in [6, 6.07) is 4.80. The van der Waals surface area contributed by atoms with Crippen molar-refractivity contribution in [1.29, 1.82) is 5.26 Å². The van der Waals surface area contributed by atoms with Crippen LogP contribution in [0.15, 0.2) is 28.4 Å². The van der Waals surface area contributed by atoms with E-state index in [1.165, 1.54) is 12.3 Å². The van der Waals surface area contributed by atoms with Crippen LogP contribution in [-0.4, -0.2) is 32.8 Å². The lowest BCUT2D eigenvalue weighted by atomic mass is 10.1. The van der Waals surface area contributed by atoms with Crippen molar-refractivity contribution in [3.05, 3.63) is 29.7 Å². The van der Waals surface area contributed by atoms with E-state index in [2.05, 4.69) is 0 Å². The number of furan rings is 1. The van der Waals surface area contributed by atoms with E-state index < -0.39 is 22.0 Å². The van der Waals surface area contributed by atoms with Gasteiger partial charge in [0, 0.05) is 12.7 Å². The van der Waals surface area contributed by atoms with Gasteiger partial charge in [0.2, 0.25) is 10.0 Å². The molecule has 1 unspecified atom stereocenters. The van der Waals surface area contributed by atoms with Gasteiger partial charge in [0.25, 0.3) is 5.91 Å². The van der Waals surface area contributed by atoms with E-state index in [1.807, 2.05) is 4.72 Å². The zero-order valence-corrected chi connectivity index (χ0v) is 12.6. The van der Waals surface area contributed by atoms with Gasteiger partial charge in [0.05, 0.1) is 18.1 Å². The number of amides is 1. The Morgan fingerprint density at radius 2 is 2.32 bits per heavy atom. The average Bonchev–Trinajstić information content (AvgIpc) is 2.97. The van der Waals surface area contributed by atoms with Gasteiger partial charge in [-0.05, 0) is 31.4 Å². The molecular formula is C14H16N2O5S. The van der Waals surface area contributed by atoms with Crippen molar-refractivity contribution >= 4 is 22.0 Å². The first-order chi connectivity index (χ1) is 10.5. The van der Waals surface area contributed by atoms with Crippen LogP contribution >= 0.6 is 0 Å². The highest BCUT2D eigenvalue weighted by Crippen LogP contribution is 2.14. The Balaban J connectivity index is 2.01. The molecule has 1 aromatic heterocycles. The molecule has 0 spiro atoms. The number of nitrogens with zero attached hydrogens (tertiary/aromatic N) is 1. The van der Waals surface area contributed by atoms with Crippen molar-refractivity contribution in [1.82, 2.24) is 4.72 Å². The Bertz CT molecular complexity index is 679. The Morgan fingerprint density at radius 1 is 1.50 bits per heavy atom. The maximum absolute atomic E-state index is 12.0. The van der Waals surface area contributed by atoms with Gasteiger partial charge in [-0.25, -0.2) is 13.1 Å². The van der Waals surface area contributed by atoms with Crippen molar-refractivity contribution < 1.29 is 22.4 Å². The molecule has 1 amide bonds. The van der Waals surface area contributed by atoms with Crippen LogP contribution in [0, 0.1) is 11.3 Å². The van der Waals surface area contributed by atoms with E-state index in [0.29, 0.717) is 18.8 Å². The lowest BCUT2D eigenvalue weighted by Gasteiger charge is -2.22. The van der Waals surface area contributed by atoms with Crippen molar-refractivity contribution in [3.63, 3.8) is 0 Å². The lowest BCUT2D eigenvalue weighted by Crippen LogP contribution is -2.38. The Kier molecular flexibility index (Phi) is 5.35. The van der Waals surface area contributed by atoms with Gasteiger partial charge in [-0.3, -0.25) is 4.79 Å². The predicted molar refractivity (Wildman–Crippen MR) is 77.8 cm³/mol. The molecule has 1 aliphatic rings. The quantitative estimate of drug-likeness (QED) is 0.644. The summed E-state index contributed by atoms with van der Waals surface area (Å²) >= 11 is 0. The third-order valence-electron chi connectivity index (χ3n) is 3.12. The summed E-state index contributed by atoms with van der Waals surface area (Å²) in [6.07, 6.45) is 4.60. The number of carbonyl (C=O) groups excluding carboxylic acids is 1. The fraction of sp³-hybridized carbons (Fsp3) is 0.429. The minimum atomic E-state index is -3.86. The zero-order chi connectivity index (χ0) is 16.0. The molecule has 8 heteroatoms.